The summed E-state index contributed by atoms with van der Waals surface area (Å²) in [6.07, 6.45) is 0.956. The number of aliphatic hydroxyl groups is 1. The van der Waals surface area contributed by atoms with Crippen LogP contribution >= 0.6 is 11.3 Å². The van der Waals surface area contributed by atoms with Crippen molar-refractivity contribution in [1.82, 2.24) is 5.32 Å². The molecule has 0 fully saturated rings. The van der Waals surface area contributed by atoms with E-state index < -0.39 is 0 Å². The molecule has 1 amide bonds. The van der Waals surface area contributed by atoms with Gasteiger partial charge in [-0.3, -0.25) is 4.79 Å². The smallest absolute Gasteiger partial charge is 0.261 e. The van der Waals surface area contributed by atoms with Crippen molar-refractivity contribution in [2.45, 2.75) is 40.2 Å². The SMILES string of the molecule is CCc1sc(C(=O)NC(CO)C(C)C)cc1C. The summed E-state index contributed by atoms with van der Waals surface area (Å²) in [5.41, 5.74) is 1.17. The summed E-state index contributed by atoms with van der Waals surface area (Å²) in [5.74, 6) is 0.154. The second-order valence-corrected chi connectivity index (χ2v) is 5.71. The van der Waals surface area contributed by atoms with Crippen molar-refractivity contribution in [2.24, 2.45) is 5.92 Å². The monoisotopic (exact) mass is 255 g/mol. The third-order valence-electron chi connectivity index (χ3n) is 2.88. The molecule has 0 saturated heterocycles. The van der Waals surface area contributed by atoms with E-state index >= 15 is 0 Å². The zero-order valence-corrected chi connectivity index (χ0v) is 11.7. The molecule has 3 nitrogen and oxygen atoms in total. The normalized spacial score (nSPS) is 12.8. The van der Waals surface area contributed by atoms with Crippen LogP contribution in [0, 0.1) is 12.8 Å². The van der Waals surface area contributed by atoms with Crippen LogP contribution in [0.15, 0.2) is 6.07 Å². The van der Waals surface area contributed by atoms with E-state index in [1.165, 1.54) is 21.8 Å². The summed E-state index contributed by atoms with van der Waals surface area (Å²) in [6.45, 7) is 8.06. The second kappa shape index (κ2) is 6.17. The minimum Gasteiger partial charge on any atom is -0.394 e. The third kappa shape index (κ3) is 3.54. The van der Waals surface area contributed by atoms with Gasteiger partial charge < -0.3 is 10.4 Å². The Balaban J connectivity index is 2.75. The van der Waals surface area contributed by atoms with Gasteiger partial charge in [0.2, 0.25) is 0 Å². The minimum atomic E-state index is -0.171. The summed E-state index contributed by atoms with van der Waals surface area (Å²) < 4.78 is 0. The Labute approximate surface area is 107 Å². The summed E-state index contributed by atoms with van der Waals surface area (Å²) in [4.78, 5) is 14.0. The van der Waals surface area contributed by atoms with Gasteiger partial charge in [-0.1, -0.05) is 20.8 Å². The first-order valence-electron chi connectivity index (χ1n) is 6.00. The van der Waals surface area contributed by atoms with E-state index in [9.17, 15) is 9.90 Å². The highest BCUT2D eigenvalue weighted by Gasteiger charge is 2.18. The molecule has 96 valence electrons. The van der Waals surface area contributed by atoms with Crippen LogP contribution in [0.4, 0.5) is 0 Å². The fraction of sp³-hybridized carbons (Fsp3) is 0.615. The zero-order valence-electron chi connectivity index (χ0n) is 10.9. The van der Waals surface area contributed by atoms with Gasteiger partial charge in [0, 0.05) is 4.88 Å². The molecule has 1 rings (SSSR count). The fourth-order valence-electron chi connectivity index (χ4n) is 1.65. The Morgan fingerprint density at radius 1 is 1.53 bits per heavy atom. The summed E-state index contributed by atoms with van der Waals surface area (Å²) in [5, 5.41) is 12.1. The summed E-state index contributed by atoms with van der Waals surface area (Å²) in [7, 11) is 0. The molecule has 2 N–H and O–H groups in total. The molecule has 0 saturated carbocycles. The van der Waals surface area contributed by atoms with Crippen LogP contribution in [-0.4, -0.2) is 23.7 Å². The lowest BCUT2D eigenvalue weighted by molar-refractivity contribution is 0.0901. The molecule has 1 heterocycles. The van der Waals surface area contributed by atoms with Crippen molar-refractivity contribution in [3.8, 4) is 0 Å². The van der Waals surface area contributed by atoms with E-state index in [0.29, 0.717) is 0 Å². The number of carbonyl (C=O) groups excluding carboxylic acids is 1. The topological polar surface area (TPSA) is 49.3 Å². The highest BCUT2D eigenvalue weighted by Crippen LogP contribution is 2.22. The maximum absolute atomic E-state index is 12.0. The molecule has 1 aromatic rings. The maximum Gasteiger partial charge on any atom is 0.261 e. The van der Waals surface area contributed by atoms with Crippen LogP contribution < -0.4 is 5.32 Å². The molecule has 1 aromatic heterocycles. The molecular weight excluding hydrogens is 234 g/mol. The Morgan fingerprint density at radius 2 is 2.18 bits per heavy atom. The molecule has 0 radical (unpaired) electrons. The first-order chi connectivity index (χ1) is 7.99. The Bertz CT molecular complexity index is 385. The Morgan fingerprint density at radius 3 is 2.59 bits per heavy atom. The predicted octanol–water partition coefficient (Wildman–Crippen LogP) is 2.37. The number of nitrogens with one attached hydrogen (secondary N) is 1. The van der Waals surface area contributed by atoms with Gasteiger partial charge in [-0.2, -0.15) is 0 Å². The lowest BCUT2D eigenvalue weighted by Crippen LogP contribution is -2.40. The molecule has 0 spiro atoms. The van der Waals surface area contributed by atoms with E-state index in [0.717, 1.165) is 11.3 Å². The quantitative estimate of drug-likeness (QED) is 0.848. The van der Waals surface area contributed by atoms with Gasteiger partial charge in [0.05, 0.1) is 17.5 Å². The van der Waals surface area contributed by atoms with Crippen molar-refractivity contribution < 1.29 is 9.90 Å². The number of aliphatic hydroxyl groups excluding tert-OH is 1. The molecule has 4 heteroatoms. The van der Waals surface area contributed by atoms with Gasteiger partial charge >= 0.3 is 0 Å². The lowest BCUT2D eigenvalue weighted by atomic mass is 10.1. The van der Waals surface area contributed by atoms with Crippen LogP contribution in [0.3, 0.4) is 0 Å². The number of aryl methyl sites for hydroxylation is 2. The van der Waals surface area contributed by atoms with Gasteiger partial charge in [0.15, 0.2) is 0 Å². The number of carbonyl (C=O) groups is 1. The second-order valence-electron chi connectivity index (χ2n) is 4.58. The average molecular weight is 255 g/mol. The van der Waals surface area contributed by atoms with Crippen molar-refractivity contribution in [3.05, 3.63) is 21.4 Å². The highest BCUT2D eigenvalue weighted by molar-refractivity contribution is 7.14. The van der Waals surface area contributed by atoms with Crippen LogP contribution in [0.1, 0.15) is 40.9 Å². The molecule has 1 atom stereocenters. The van der Waals surface area contributed by atoms with Crippen molar-refractivity contribution in [2.75, 3.05) is 6.61 Å². The van der Waals surface area contributed by atoms with Crippen LogP contribution in [0.2, 0.25) is 0 Å². The number of amides is 1. The lowest BCUT2D eigenvalue weighted by Gasteiger charge is -2.19. The summed E-state index contributed by atoms with van der Waals surface area (Å²) >= 11 is 1.54. The maximum atomic E-state index is 12.0. The van der Waals surface area contributed by atoms with Gasteiger partial charge in [-0.15, -0.1) is 11.3 Å². The van der Waals surface area contributed by atoms with Crippen LogP contribution in [-0.2, 0) is 6.42 Å². The number of hydrogen-bond acceptors (Lipinski definition) is 3. The van der Waals surface area contributed by atoms with E-state index in [1.807, 2.05) is 26.8 Å². The van der Waals surface area contributed by atoms with Crippen molar-refractivity contribution in [1.29, 1.82) is 0 Å². The average Bonchev–Trinajstić information content (AvgIpc) is 2.66. The molecular formula is C13H21NO2S. The van der Waals surface area contributed by atoms with Crippen LogP contribution in [0.5, 0.6) is 0 Å². The molecule has 0 aliphatic heterocycles. The number of thiophene rings is 1. The first-order valence-corrected chi connectivity index (χ1v) is 6.82. The van der Waals surface area contributed by atoms with Crippen molar-refractivity contribution in [3.63, 3.8) is 0 Å². The van der Waals surface area contributed by atoms with Crippen molar-refractivity contribution >= 4 is 17.2 Å². The van der Waals surface area contributed by atoms with Crippen LogP contribution in [0.25, 0.3) is 0 Å². The van der Waals surface area contributed by atoms with Gasteiger partial charge in [0.25, 0.3) is 5.91 Å². The molecule has 17 heavy (non-hydrogen) atoms. The Hall–Kier alpha value is -0.870. The van der Waals surface area contributed by atoms with Gasteiger partial charge in [-0.25, -0.2) is 0 Å². The summed E-state index contributed by atoms with van der Waals surface area (Å²) in [6, 6.07) is 1.75. The molecule has 0 aromatic carbocycles. The van der Waals surface area contributed by atoms with Gasteiger partial charge in [0.1, 0.15) is 0 Å². The first kappa shape index (κ1) is 14.2. The van der Waals surface area contributed by atoms with E-state index in [2.05, 4.69) is 12.2 Å². The van der Waals surface area contributed by atoms with Gasteiger partial charge in [-0.05, 0) is 30.9 Å². The fourth-order valence-corrected chi connectivity index (χ4v) is 2.66. The minimum absolute atomic E-state index is 0.0194. The zero-order chi connectivity index (χ0) is 13.0. The van der Waals surface area contributed by atoms with E-state index in [1.54, 1.807) is 0 Å². The standard InChI is InChI=1S/C13H21NO2S/c1-5-11-9(4)6-12(17-11)13(16)14-10(7-15)8(2)3/h6,8,10,15H,5,7H2,1-4H3,(H,14,16). The molecule has 0 bridgehead atoms. The highest BCUT2D eigenvalue weighted by atomic mass is 32.1. The molecule has 0 aliphatic carbocycles. The van der Waals surface area contributed by atoms with E-state index in [-0.39, 0.29) is 24.5 Å². The predicted molar refractivity (Wildman–Crippen MR) is 71.6 cm³/mol. The largest absolute Gasteiger partial charge is 0.394 e. The van der Waals surface area contributed by atoms with E-state index in [4.69, 9.17) is 0 Å². The third-order valence-corrected chi connectivity index (χ3v) is 4.26. The number of hydrogen-bond donors (Lipinski definition) is 2. The molecule has 0 aliphatic rings. The number of rotatable bonds is 5. The Kier molecular flexibility index (Phi) is 5.15. The molecule has 1 unspecified atom stereocenters.